The Labute approximate surface area is 116 Å². The molecule has 1 N–H and O–H groups in total. The van der Waals surface area contributed by atoms with Crippen molar-refractivity contribution in [3.05, 3.63) is 36.3 Å². The van der Waals surface area contributed by atoms with Crippen LogP contribution in [0.2, 0.25) is 0 Å². The van der Waals surface area contributed by atoms with Crippen LogP contribution in [0.4, 0.5) is 5.82 Å². The molecule has 0 aliphatic carbocycles. The first-order valence-electron chi connectivity index (χ1n) is 5.98. The maximum atomic E-state index is 11.7. The summed E-state index contributed by atoms with van der Waals surface area (Å²) in [7, 11) is 1.94. The van der Waals surface area contributed by atoms with Gasteiger partial charge in [-0.3, -0.25) is 4.79 Å². The quantitative estimate of drug-likeness (QED) is 0.851. The van der Waals surface area contributed by atoms with Gasteiger partial charge in [0.15, 0.2) is 5.16 Å². The van der Waals surface area contributed by atoms with Crippen LogP contribution in [-0.2, 0) is 11.8 Å². The molecular weight excluding hydrogens is 260 g/mol. The standard InChI is InChI=1S/C13H16N4OS/c1-10-3-4-11(15-9-10)16-12(18)5-8-19-13-14-6-7-17(13)2/h3-4,6-7,9H,5,8H2,1-2H3,(H,15,16,18). The van der Waals surface area contributed by atoms with Gasteiger partial charge in [-0.1, -0.05) is 17.8 Å². The number of nitrogens with one attached hydrogen (secondary N) is 1. The Kier molecular flexibility index (Phi) is 4.57. The Morgan fingerprint density at radius 3 is 2.89 bits per heavy atom. The van der Waals surface area contributed by atoms with E-state index in [0.29, 0.717) is 18.0 Å². The molecule has 0 bridgehead atoms. The lowest BCUT2D eigenvalue weighted by Gasteiger charge is -2.04. The van der Waals surface area contributed by atoms with E-state index < -0.39 is 0 Å². The molecule has 2 heterocycles. The van der Waals surface area contributed by atoms with E-state index >= 15 is 0 Å². The smallest absolute Gasteiger partial charge is 0.226 e. The first kappa shape index (κ1) is 13.6. The van der Waals surface area contributed by atoms with Gasteiger partial charge in [0.2, 0.25) is 5.91 Å². The Balaban J connectivity index is 1.76. The average Bonchev–Trinajstić information content (AvgIpc) is 2.78. The van der Waals surface area contributed by atoms with Crippen LogP contribution in [0.15, 0.2) is 35.9 Å². The van der Waals surface area contributed by atoms with Crippen molar-refractivity contribution in [1.82, 2.24) is 14.5 Å². The molecule has 0 aliphatic heterocycles. The number of thioether (sulfide) groups is 1. The molecule has 0 aromatic carbocycles. The minimum atomic E-state index is -0.0296. The molecule has 100 valence electrons. The number of carbonyl (C=O) groups is 1. The summed E-state index contributed by atoms with van der Waals surface area (Å²) in [5.41, 5.74) is 1.07. The number of hydrogen-bond donors (Lipinski definition) is 1. The van der Waals surface area contributed by atoms with E-state index in [9.17, 15) is 4.79 Å². The minimum Gasteiger partial charge on any atom is -0.329 e. The van der Waals surface area contributed by atoms with E-state index in [0.717, 1.165) is 10.7 Å². The van der Waals surface area contributed by atoms with Crippen LogP contribution in [0.25, 0.3) is 0 Å². The molecule has 5 nitrogen and oxygen atoms in total. The zero-order valence-corrected chi connectivity index (χ0v) is 11.8. The van der Waals surface area contributed by atoms with Crippen LogP contribution >= 0.6 is 11.8 Å². The number of carbonyl (C=O) groups excluding carboxylic acids is 1. The molecule has 0 saturated heterocycles. The molecule has 0 fully saturated rings. The maximum Gasteiger partial charge on any atom is 0.226 e. The highest BCUT2D eigenvalue weighted by atomic mass is 32.2. The summed E-state index contributed by atoms with van der Waals surface area (Å²) in [5, 5.41) is 3.69. The zero-order valence-electron chi connectivity index (χ0n) is 11.0. The second-order valence-corrected chi connectivity index (χ2v) is 5.25. The molecule has 6 heteroatoms. The minimum absolute atomic E-state index is 0.0296. The fourth-order valence-electron chi connectivity index (χ4n) is 1.47. The Hall–Kier alpha value is -1.82. The van der Waals surface area contributed by atoms with E-state index in [2.05, 4.69) is 15.3 Å². The predicted octanol–water partition coefficient (Wildman–Crippen LogP) is 2.24. The first-order chi connectivity index (χ1) is 9.15. The lowest BCUT2D eigenvalue weighted by Crippen LogP contribution is -2.13. The molecule has 1 amide bonds. The second kappa shape index (κ2) is 6.38. The number of aryl methyl sites for hydroxylation is 2. The van der Waals surface area contributed by atoms with E-state index in [-0.39, 0.29) is 5.91 Å². The first-order valence-corrected chi connectivity index (χ1v) is 6.96. The van der Waals surface area contributed by atoms with Crippen LogP contribution in [0.5, 0.6) is 0 Å². The highest BCUT2D eigenvalue weighted by Crippen LogP contribution is 2.15. The van der Waals surface area contributed by atoms with Gasteiger partial charge in [-0.25, -0.2) is 9.97 Å². The lowest BCUT2D eigenvalue weighted by molar-refractivity contribution is -0.115. The van der Waals surface area contributed by atoms with Gasteiger partial charge in [-0.15, -0.1) is 0 Å². The molecule has 0 spiro atoms. The third-order valence-electron chi connectivity index (χ3n) is 2.52. The summed E-state index contributed by atoms with van der Waals surface area (Å²) in [6, 6.07) is 3.73. The Morgan fingerprint density at radius 2 is 2.26 bits per heavy atom. The number of rotatable bonds is 5. The van der Waals surface area contributed by atoms with Crippen molar-refractivity contribution < 1.29 is 4.79 Å². The topological polar surface area (TPSA) is 59.8 Å². The number of hydrogen-bond acceptors (Lipinski definition) is 4. The van der Waals surface area contributed by atoms with Gasteiger partial charge in [-0.2, -0.15) is 0 Å². The maximum absolute atomic E-state index is 11.7. The molecule has 0 aliphatic rings. The number of aromatic nitrogens is 3. The monoisotopic (exact) mass is 276 g/mol. The number of imidazole rings is 1. The zero-order chi connectivity index (χ0) is 13.7. The second-order valence-electron chi connectivity index (χ2n) is 4.19. The Bertz CT molecular complexity index is 550. The van der Waals surface area contributed by atoms with Crippen molar-refractivity contribution in [2.75, 3.05) is 11.1 Å². The summed E-state index contributed by atoms with van der Waals surface area (Å²) in [4.78, 5) is 20.0. The molecule has 2 aromatic rings. The van der Waals surface area contributed by atoms with E-state index in [1.807, 2.05) is 30.8 Å². The SMILES string of the molecule is Cc1ccc(NC(=O)CCSc2nccn2C)nc1. The molecule has 2 aromatic heterocycles. The number of anilines is 1. The number of pyridine rings is 1. The van der Waals surface area contributed by atoms with E-state index in [1.54, 1.807) is 30.2 Å². The fourth-order valence-corrected chi connectivity index (χ4v) is 2.34. The summed E-state index contributed by atoms with van der Waals surface area (Å²) >= 11 is 1.57. The van der Waals surface area contributed by atoms with Gasteiger partial charge in [0.1, 0.15) is 5.82 Å². The summed E-state index contributed by atoms with van der Waals surface area (Å²) in [6.07, 6.45) is 5.81. The number of nitrogens with zero attached hydrogens (tertiary/aromatic N) is 3. The molecule has 0 radical (unpaired) electrons. The van der Waals surface area contributed by atoms with Gasteiger partial charge in [0.25, 0.3) is 0 Å². The third kappa shape index (κ3) is 4.10. The van der Waals surface area contributed by atoms with Gasteiger partial charge in [-0.05, 0) is 18.6 Å². The number of amides is 1. The van der Waals surface area contributed by atoms with Crippen molar-refractivity contribution in [3.8, 4) is 0 Å². The lowest BCUT2D eigenvalue weighted by atomic mass is 10.3. The van der Waals surface area contributed by atoms with Crippen LogP contribution in [0, 0.1) is 6.92 Å². The van der Waals surface area contributed by atoms with Crippen molar-refractivity contribution in [2.24, 2.45) is 7.05 Å². The van der Waals surface area contributed by atoms with Crippen molar-refractivity contribution in [2.45, 2.75) is 18.5 Å². The normalized spacial score (nSPS) is 10.4. The fraction of sp³-hybridized carbons (Fsp3) is 0.308. The molecule has 0 unspecified atom stereocenters. The largest absolute Gasteiger partial charge is 0.329 e. The van der Waals surface area contributed by atoms with Crippen molar-refractivity contribution >= 4 is 23.5 Å². The van der Waals surface area contributed by atoms with Crippen molar-refractivity contribution in [3.63, 3.8) is 0 Å². The highest BCUT2D eigenvalue weighted by Gasteiger charge is 2.05. The van der Waals surface area contributed by atoms with Gasteiger partial charge in [0.05, 0.1) is 0 Å². The third-order valence-corrected chi connectivity index (χ3v) is 3.58. The van der Waals surface area contributed by atoms with Crippen LogP contribution in [-0.4, -0.2) is 26.2 Å². The van der Waals surface area contributed by atoms with E-state index in [1.165, 1.54) is 0 Å². The van der Waals surface area contributed by atoms with E-state index in [4.69, 9.17) is 0 Å². The molecule has 0 atom stereocenters. The van der Waals surface area contributed by atoms with Gasteiger partial charge < -0.3 is 9.88 Å². The summed E-state index contributed by atoms with van der Waals surface area (Å²) in [5.74, 6) is 1.26. The van der Waals surface area contributed by atoms with Crippen LogP contribution in [0.1, 0.15) is 12.0 Å². The summed E-state index contributed by atoms with van der Waals surface area (Å²) < 4.78 is 1.93. The molecule has 19 heavy (non-hydrogen) atoms. The molecule has 2 rings (SSSR count). The molecular formula is C13H16N4OS. The average molecular weight is 276 g/mol. The Morgan fingerprint density at radius 1 is 1.42 bits per heavy atom. The predicted molar refractivity (Wildman–Crippen MR) is 76.2 cm³/mol. The van der Waals surface area contributed by atoms with Crippen molar-refractivity contribution in [1.29, 1.82) is 0 Å². The van der Waals surface area contributed by atoms with Crippen LogP contribution < -0.4 is 5.32 Å². The molecule has 0 saturated carbocycles. The summed E-state index contributed by atoms with van der Waals surface area (Å²) in [6.45, 7) is 1.96. The highest BCUT2D eigenvalue weighted by molar-refractivity contribution is 7.99. The van der Waals surface area contributed by atoms with Gasteiger partial charge >= 0.3 is 0 Å². The van der Waals surface area contributed by atoms with Crippen LogP contribution in [0.3, 0.4) is 0 Å². The van der Waals surface area contributed by atoms with Gasteiger partial charge in [0, 0.05) is 37.8 Å².